The fourth-order valence-electron chi connectivity index (χ4n) is 5.70. The maximum Gasteiger partial charge on any atom is 0.271 e. The largest absolute Gasteiger partial charge is 0.381 e. The summed E-state index contributed by atoms with van der Waals surface area (Å²) in [4.78, 5) is 22.1. The van der Waals surface area contributed by atoms with Gasteiger partial charge in [0.15, 0.2) is 0 Å². The van der Waals surface area contributed by atoms with Crippen LogP contribution in [0.4, 0.5) is 5.95 Å². The molecule has 0 atom stereocenters. The van der Waals surface area contributed by atoms with Crippen molar-refractivity contribution < 1.29 is 4.74 Å². The van der Waals surface area contributed by atoms with E-state index in [9.17, 15) is 4.79 Å². The highest BCUT2D eigenvalue weighted by Gasteiger charge is 2.46. The Balaban J connectivity index is 1.36. The quantitative estimate of drug-likeness (QED) is 0.781. The third-order valence-electron chi connectivity index (χ3n) is 7.45. The Hall–Kier alpha value is -1.66. The third kappa shape index (κ3) is 3.55. The molecule has 156 valence electrons. The highest BCUT2D eigenvalue weighted by Crippen LogP contribution is 2.52. The minimum absolute atomic E-state index is 0.131. The van der Waals surface area contributed by atoms with E-state index in [1.54, 1.807) is 12.3 Å². The fourth-order valence-corrected chi connectivity index (χ4v) is 5.90. The van der Waals surface area contributed by atoms with Crippen molar-refractivity contribution in [3.8, 4) is 0 Å². The molecule has 0 bridgehead atoms. The fraction of sp³-hybridized carbons (Fsp3) is 0.682. The Bertz CT molecular complexity index is 953. The smallest absolute Gasteiger partial charge is 0.271 e. The van der Waals surface area contributed by atoms with Crippen molar-refractivity contribution in [3.63, 3.8) is 0 Å². The number of rotatable bonds is 4. The Morgan fingerprint density at radius 3 is 2.62 bits per heavy atom. The normalized spacial score (nSPS) is 30.0. The van der Waals surface area contributed by atoms with Gasteiger partial charge in [-0.15, -0.1) is 0 Å². The highest BCUT2D eigenvalue weighted by atomic mass is 35.5. The van der Waals surface area contributed by atoms with Crippen LogP contribution in [0.15, 0.2) is 17.1 Å². The van der Waals surface area contributed by atoms with Crippen LogP contribution in [0.25, 0.3) is 11.0 Å². The van der Waals surface area contributed by atoms with Crippen molar-refractivity contribution in [1.82, 2.24) is 14.5 Å². The number of aromatic nitrogens is 3. The first-order valence-corrected chi connectivity index (χ1v) is 11.3. The lowest BCUT2D eigenvalue weighted by Crippen LogP contribution is -2.46. The predicted octanol–water partition coefficient (Wildman–Crippen LogP) is 4.71. The molecule has 3 fully saturated rings. The van der Waals surface area contributed by atoms with Gasteiger partial charge in [0.05, 0.1) is 6.10 Å². The number of halogens is 1. The molecule has 0 unspecified atom stereocenters. The van der Waals surface area contributed by atoms with Crippen LogP contribution < -0.4 is 10.9 Å². The van der Waals surface area contributed by atoms with Crippen LogP contribution in [-0.2, 0) is 4.74 Å². The van der Waals surface area contributed by atoms with E-state index in [1.165, 1.54) is 25.7 Å². The van der Waals surface area contributed by atoms with Gasteiger partial charge in [-0.2, -0.15) is 4.98 Å². The number of nitrogens with one attached hydrogen (secondary N) is 1. The number of anilines is 1. The molecule has 0 saturated heterocycles. The molecular formula is C22H29ClN4O2. The van der Waals surface area contributed by atoms with Gasteiger partial charge < -0.3 is 10.1 Å². The van der Waals surface area contributed by atoms with Crippen molar-refractivity contribution in [3.05, 3.63) is 27.6 Å². The van der Waals surface area contributed by atoms with Crippen molar-refractivity contribution in [2.75, 3.05) is 12.4 Å². The van der Waals surface area contributed by atoms with E-state index >= 15 is 0 Å². The number of hydrogen-bond acceptors (Lipinski definition) is 5. The van der Waals surface area contributed by atoms with Gasteiger partial charge >= 0.3 is 0 Å². The zero-order valence-corrected chi connectivity index (χ0v) is 17.7. The average molecular weight is 417 g/mol. The van der Waals surface area contributed by atoms with E-state index < -0.39 is 0 Å². The number of pyridine rings is 1. The Morgan fingerprint density at radius 2 is 1.93 bits per heavy atom. The molecule has 3 aliphatic rings. The number of fused-ring (bicyclic) bond motifs is 1. The summed E-state index contributed by atoms with van der Waals surface area (Å²) in [7, 11) is 1.82. The molecule has 0 aromatic carbocycles. The molecule has 0 radical (unpaired) electrons. The second-order valence-electron chi connectivity index (χ2n) is 9.26. The standard InChI is InChI=1S/C22H29ClN4O2/c1-29-17-11-22(12-17)8-6-15(7-9-22)25-21-24-13-14-10-18(23)20(28)27(19(14)26-21)16-4-2-3-5-16/h10,13,15-17H,2-9,11-12H2,1H3,(H,24,25,26). The lowest BCUT2D eigenvalue weighted by Gasteiger charge is -2.51. The van der Waals surface area contributed by atoms with E-state index in [4.69, 9.17) is 21.3 Å². The van der Waals surface area contributed by atoms with Crippen molar-refractivity contribution >= 4 is 28.6 Å². The summed E-state index contributed by atoms with van der Waals surface area (Å²) in [5.41, 5.74) is 1.08. The molecular weight excluding hydrogens is 388 g/mol. The monoisotopic (exact) mass is 416 g/mol. The molecule has 5 rings (SSSR count). The first kappa shape index (κ1) is 19.3. The minimum atomic E-state index is -0.131. The first-order valence-electron chi connectivity index (χ1n) is 10.9. The maximum absolute atomic E-state index is 12.8. The van der Waals surface area contributed by atoms with Crippen LogP contribution in [0.1, 0.15) is 70.3 Å². The maximum atomic E-state index is 12.8. The summed E-state index contributed by atoms with van der Waals surface area (Å²) in [5.74, 6) is 0.621. The lowest BCUT2D eigenvalue weighted by molar-refractivity contribution is -0.0781. The van der Waals surface area contributed by atoms with E-state index in [2.05, 4.69) is 10.3 Å². The molecule has 0 aliphatic heterocycles. The van der Waals surface area contributed by atoms with E-state index in [0.29, 0.717) is 29.2 Å². The van der Waals surface area contributed by atoms with Gasteiger partial charge in [0.25, 0.3) is 5.56 Å². The van der Waals surface area contributed by atoms with Gasteiger partial charge in [-0.05, 0) is 62.8 Å². The highest BCUT2D eigenvalue weighted by molar-refractivity contribution is 6.31. The molecule has 1 spiro atoms. The predicted molar refractivity (Wildman–Crippen MR) is 115 cm³/mol. The summed E-state index contributed by atoms with van der Waals surface area (Å²) < 4.78 is 7.29. The molecule has 7 heteroatoms. The van der Waals surface area contributed by atoms with Gasteiger partial charge in [0.2, 0.25) is 5.95 Å². The zero-order chi connectivity index (χ0) is 20.0. The molecule has 2 aromatic heterocycles. The lowest BCUT2D eigenvalue weighted by atomic mass is 9.58. The number of ether oxygens (including phenoxy) is 1. The van der Waals surface area contributed by atoms with Crippen LogP contribution in [0.5, 0.6) is 0 Å². The number of methoxy groups -OCH3 is 1. The van der Waals surface area contributed by atoms with Gasteiger partial charge in [0.1, 0.15) is 10.7 Å². The van der Waals surface area contributed by atoms with Gasteiger partial charge in [0, 0.05) is 30.8 Å². The topological polar surface area (TPSA) is 69.0 Å². The zero-order valence-electron chi connectivity index (χ0n) is 17.0. The van der Waals surface area contributed by atoms with Gasteiger partial charge in [-0.3, -0.25) is 9.36 Å². The molecule has 2 heterocycles. The summed E-state index contributed by atoms with van der Waals surface area (Å²) >= 11 is 6.22. The molecule has 6 nitrogen and oxygen atoms in total. The SMILES string of the molecule is COC1CC2(CCC(Nc3ncc4cc(Cl)c(=O)n(C5CCCC5)c4n3)CC2)C1. The van der Waals surface area contributed by atoms with E-state index in [1.807, 2.05) is 11.7 Å². The Morgan fingerprint density at radius 1 is 1.21 bits per heavy atom. The average Bonchev–Trinajstić information content (AvgIpc) is 3.22. The molecule has 3 aliphatic carbocycles. The molecule has 0 amide bonds. The third-order valence-corrected chi connectivity index (χ3v) is 7.72. The molecule has 3 saturated carbocycles. The van der Waals surface area contributed by atoms with E-state index in [-0.39, 0.29) is 16.6 Å². The van der Waals surface area contributed by atoms with E-state index in [0.717, 1.165) is 43.9 Å². The molecule has 29 heavy (non-hydrogen) atoms. The van der Waals surface area contributed by atoms with Crippen LogP contribution >= 0.6 is 11.6 Å². The molecule has 2 aromatic rings. The van der Waals surface area contributed by atoms with Crippen LogP contribution in [0.2, 0.25) is 5.02 Å². The Labute approximate surface area is 176 Å². The van der Waals surface area contributed by atoms with Crippen LogP contribution in [0.3, 0.4) is 0 Å². The number of nitrogens with zero attached hydrogens (tertiary/aromatic N) is 3. The molecule has 1 N–H and O–H groups in total. The Kier molecular flexibility index (Phi) is 5.03. The first-order chi connectivity index (χ1) is 14.1. The minimum Gasteiger partial charge on any atom is -0.381 e. The summed E-state index contributed by atoms with van der Waals surface area (Å²) in [6.45, 7) is 0. The van der Waals surface area contributed by atoms with Crippen LogP contribution in [0, 0.1) is 5.41 Å². The number of hydrogen-bond donors (Lipinski definition) is 1. The summed E-state index contributed by atoms with van der Waals surface area (Å²) in [6, 6.07) is 2.27. The van der Waals surface area contributed by atoms with Gasteiger partial charge in [-0.1, -0.05) is 24.4 Å². The summed E-state index contributed by atoms with van der Waals surface area (Å²) in [6.07, 6.45) is 13.7. The summed E-state index contributed by atoms with van der Waals surface area (Å²) in [5, 5.41) is 4.61. The second-order valence-corrected chi connectivity index (χ2v) is 9.67. The second kappa shape index (κ2) is 7.55. The van der Waals surface area contributed by atoms with Crippen molar-refractivity contribution in [1.29, 1.82) is 0 Å². The van der Waals surface area contributed by atoms with Crippen molar-refractivity contribution in [2.45, 2.75) is 82.4 Å². The van der Waals surface area contributed by atoms with Crippen LogP contribution in [-0.4, -0.2) is 33.8 Å². The van der Waals surface area contributed by atoms with Crippen molar-refractivity contribution in [2.24, 2.45) is 5.41 Å². The van der Waals surface area contributed by atoms with Gasteiger partial charge in [-0.25, -0.2) is 4.98 Å².